The van der Waals surface area contributed by atoms with E-state index in [0.29, 0.717) is 17.3 Å². The van der Waals surface area contributed by atoms with Crippen molar-refractivity contribution in [3.63, 3.8) is 0 Å². The van der Waals surface area contributed by atoms with E-state index in [9.17, 15) is 0 Å². The van der Waals surface area contributed by atoms with Gasteiger partial charge in [-0.05, 0) is 36.3 Å². The predicted octanol–water partition coefficient (Wildman–Crippen LogP) is 2.61. The Kier molecular flexibility index (Phi) is 4.13. The van der Waals surface area contributed by atoms with E-state index in [1.54, 1.807) is 0 Å². The van der Waals surface area contributed by atoms with Crippen molar-refractivity contribution < 1.29 is 0 Å². The molecule has 0 radical (unpaired) electrons. The monoisotopic (exact) mass is 283 g/mol. The largest absolute Gasteiger partial charge is 0.347 e. The fraction of sp³-hybridized carbons (Fsp3) is 0.769. The SMILES string of the molecule is CCC1(CC)CCN(c2nc(Cl)nc(N(C)C)n2)C1. The summed E-state index contributed by atoms with van der Waals surface area (Å²) in [5.74, 6) is 1.31. The highest BCUT2D eigenvalue weighted by atomic mass is 35.5. The highest BCUT2D eigenvalue weighted by molar-refractivity contribution is 6.28. The Bertz CT molecular complexity index is 445. The average molecular weight is 284 g/mol. The summed E-state index contributed by atoms with van der Waals surface area (Å²) in [6.45, 7) is 6.53. The maximum Gasteiger partial charge on any atom is 0.231 e. The Labute approximate surface area is 120 Å². The molecule has 1 aliphatic heterocycles. The van der Waals surface area contributed by atoms with Gasteiger partial charge < -0.3 is 9.80 Å². The molecule has 1 fully saturated rings. The third-order valence-corrected chi connectivity index (χ3v) is 4.37. The maximum absolute atomic E-state index is 6.00. The van der Waals surface area contributed by atoms with E-state index in [0.717, 1.165) is 13.1 Å². The fourth-order valence-electron chi connectivity index (χ4n) is 2.60. The van der Waals surface area contributed by atoms with Gasteiger partial charge in [0, 0.05) is 27.2 Å². The summed E-state index contributed by atoms with van der Waals surface area (Å²) in [6, 6.07) is 0. The molecule has 0 N–H and O–H groups in total. The van der Waals surface area contributed by atoms with Crippen LogP contribution in [0.25, 0.3) is 0 Å². The van der Waals surface area contributed by atoms with Crippen LogP contribution in [0, 0.1) is 5.41 Å². The van der Waals surface area contributed by atoms with Gasteiger partial charge in [0.15, 0.2) is 0 Å². The summed E-state index contributed by atoms with van der Waals surface area (Å²) in [5, 5.41) is 0.263. The molecule has 2 rings (SSSR count). The van der Waals surface area contributed by atoms with Crippen LogP contribution in [0.3, 0.4) is 0 Å². The minimum Gasteiger partial charge on any atom is -0.347 e. The molecule has 0 aromatic carbocycles. The van der Waals surface area contributed by atoms with E-state index in [-0.39, 0.29) is 5.28 Å². The molecule has 2 heterocycles. The first-order chi connectivity index (χ1) is 8.99. The molecule has 0 unspecified atom stereocenters. The molecule has 1 aliphatic rings. The summed E-state index contributed by atoms with van der Waals surface area (Å²) >= 11 is 6.00. The summed E-state index contributed by atoms with van der Waals surface area (Å²) in [7, 11) is 3.81. The molecule has 0 bridgehead atoms. The van der Waals surface area contributed by atoms with Gasteiger partial charge in [0.1, 0.15) is 0 Å². The Morgan fingerprint density at radius 3 is 2.42 bits per heavy atom. The van der Waals surface area contributed by atoms with Crippen LogP contribution >= 0.6 is 11.6 Å². The van der Waals surface area contributed by atoms with Crippen LogP contribution < -0.4 is 9.80 Å². The summed E-state index contributed by atoms with van der Waals surface area (Å²) in [5.41, 5.74) is 0.400. The van der Waals surface area contributed by atoms with Gasteiger partial charge >= 0.3 is 0 Å². The van der Waals surface area contributed by atoms with Crippen molar-refractivity contribution >= 4 is 23.5 Å². The third kappa shape index (κ3) is 2.91. The molecule has 0 spiro atoms. The molecule has 5 nitrogen and oxygen atoms in total. The number of halogens is 1. The first-order valence-electron chi connectivity index (χ1n) is 6.83. The second-order valence-corrected chi connectivity index (χ2v) is 5.82. The number of nitrogens with zero attached hydrogens (tertiary/aromatic N) is 5. The van der Waals surface area contributed by atoms with Crippen LogP contribution in [0.2, 0.25) is 5.28 Å². The van der Waals surface area contributed by atoms with Crippen molar-refractivity contribution in [1.82, 2.24) is 15.0 Å². The Morgan fingerprint density at radius 1 is 1.21 bits per heavy atom. The lowest BCUT2D eigenvalue weighted by Gasteiger charge is -2.26. The lowest BCUT2D eigenvalue weighted by molar-refractivity contribution is 0.301. The molecule has 0 atom stereocenters. The zero-order valence-corrected chi connectivity index (χ0v) is 12.9. The zero-order chi connectivity index (χ0) is 14.0. The normalized spacial score (nSPS) is 17.8. The Balaban J connectivity index is 2.24. The van der Waals surface area contributed by atoms with Crippen molar-refractivity contribution in [2.45, 2.75) is 33.1 Å². The molecular weight excluding hydrogens is 262 g/mol. The van der Waals surface area contributed by atoms with Gasteiger partial charge in [-0.25, -0.2) is 0 Å². The molecule has 19 heavy (non-hydrogen) atoms. The van der Waals surface area contributed by atoms with Gasteiger partial charge in [-0.3, -0.25) is 0 Å². The summed E-state index contributed by atoms with van der Waals surface area (Å²) in [6.07, 6.45) is 3.58. The van der Waals surface area contributed by atoms with E-state index < -0.39 is 0 Å². The highest BCUT2D eigenvalue weighted by Gasteiger charge is 2.36. The smallest absolute Gasteiger partial charge is 0.231 e. The first kappa shape index (κ1) is 14.3. The molecule has 1 aromatic heterocycles. The minimum atomic E-state index is 0.263. The number of aromatic nitrogens is 3. The number of hydrogen-bond donors (Lipinski definition) is 0. The Morgan fingerprint density at radius 2 is 1.89 bits per heavy atom. The molecule has 0 amide bonds. The van der Waals surface area contributed by atoms with Gasteiger partial charge in [-0.15, -0.1) is 0 Å². The standard InChI is InChI=1S/C13H22ClN5/c1-5-13(6-2)7-8-19(9-13)12-16-10(14)15-11(17-12)18(3)4/h5-9H2,1-4H3. The molecule has 106 valence electrons. The van der Waals surface area contributed by atoms with Crippen molar-refractivity contribution in [2.24, 2.45) is 5.41 Å². The van der Waals surface area contributed by atoms with Crippen LogP contribution in [0.15, 0.2) is 0 Å². The van der Waals surface area contributed by atoms with Crippen LogP contribution in [0.5, 0.6) is 0 Å². The number of hydrogen-bond acceptors (Lipinski definition) is 5. The third-order valence-electron chi connectivity index (χ3n) is 4.21. The average Bonchev–Trinajstić information content (AvgIpc) is 2.83. The lowest BCUT2D eigenvalue weighted by Crippen LogP contribution is -2.28. The van der Waals surface area contributed by atoms with Gasteiger partial charge in [-0.1, -0.05) is 13.8 Å². The van der Waals surface area contributed by atoms with E-state index in [4.69, 9.17) is 11.6 Å². The molecule has 1 aromatic rings. The minimum absolute atomic E-state index is 0.263. The van der Waals surface area contributed by atoms with E-state index >= 15 is 0 Å². The molecule has 0 saturated carbocycles. The first-order valence-corrected chi connectivity index (χ1v) is 7.21. The Hall–Kier alpha value is -1.10. The van der Waals surface area contributed by atoms with Crippen molar-refractivity contribution in [2.75, 3.05) is 37.0 Å². The molecule has 0 aliphatic carbocycles. The zero-order valence-electron chi connectivity index (χ0n) is 12.1. The number of anilines is 2. The highest BCUT2D eigenvalue weighted by Crippen LogP contribution is 2.38. The van der Waals surface area contributed by atoms with Crippen LogP contribution in [-0.2, 0) is 0 Å². The van der Waals surface area contributed by atoms with E-state index in [1.165, 1.54) is 19.3 Å². The van der Waals surface area contributed by atoms with Crippen LogP contribution in [0.4, 0.5) is 11.9 Å². The van der Waals surface area contributed by atoms with Crippen LogP contribution in [0.1, 0.15) is 33.1 Å². The van der Waals surface area contributed by atoms with Gasteiger partial charge in [0.25, 0.3) is 0 Å². The summed E-state index contributed by atoms with van der Waals surface area (Å²) in [4.78, 5) is 17.0. The van der Waals surface area contributed by atoms with Gasteiger partial charge in [-0.2, -0.15) is 15.0 Å². The number of rotatable bonds is 4. The van der Waals surface area contributed by atoms with Crippen molar-refractivity contribution in [3.05, 3.63) is 5.28 Å². The van der Waals surface area contributed by atoms with E-state index in [1.807, 2.05) is 19.0 Å². The van der Waals surface area contributed by atoms with Gasteiger partial charge in [0.2, 0.25) is 17.2 Å². The van der Waals surface area contributed by atoms with Gasteiger partial charge in [0.05, 0.1) is 0 Å². The lowest BCUT2D eigenvalue weighted by atomic mass is 9.82. The maximum atomic E-state index is 6.00. The second-order valence-electron chi connectivity index (χ2n) is 5.48. The van der Waals surface area contributed by atoms with Crippen LogP contribution in [-0.4, -0.2) is 42.1 Å². The quantitative estimate of drug-likeness (QED) is 0.850. The topological polar surface area (TPSA) is 45.2 Å². The predicted molar refractivity (Wildman–Crippen MR) is 79.0 cm³/mol. The molecular formula is C13H22ClN5. The van der Waals surface area contributed by atoms with Crippen molar-refractivity contribution in [1.29, 1.82) is 0 Å². The molecule has 6 heteroatoms. The fourth-order valence-corrected chi connectivity index (χ4v) is 2.76. The summed E-state index contributed by atoms with van der Waals surface area (Å²) < 4.78 is 0. The van der Waals surface area contributed by atoms with Crippen molar-refractivity contribution in [3.8, 4) is 0 Å². The second kappa shape index (κ2) is 5.49. The van der Waals surface area contributed by atoms with E-state index in [2.05, 4.69) is 33.7 Å². The molecule has 1 saturated heterocycles.